The predicted octanol–water partition coefficient (Wildman–Crippen LogP) is 8.91. The van der Waals surface area contributed by atoms with Crippen LogP contribution in [0.1, 0.15) is 52.9 Å². The largest absolute Gasteiger partial charge is 0.497 e. The number of hydrogen-bond acceptors (Lipinski definition) is 7. The molecule has 1 unspecified atom stereocenters. The molecule has 2 aliphatic heterocycles. The van der Waals surface area contributed by atoms with E-state index in [-0.39, 0.29) is 30.6 Å². The lowest BCUT2D eigenvalue weighted by atomic mass is 9.95. The van der Waals surface area contributed by atoms with Gasteiger partial charge in [-0.3, -0.25) is 14.4 Å². The average Bonchev–Trinajstić information content (AvgIpc) is 3.81. The Morgan fingerprint density at radius 1 is 0.825 bits per heavy atom. The van der Waals surface area contributed by atoms with Gasteiger partial charge in [-0.1, -0.05) is 109 Å². The molecule has 5 aromatic carbocycles. The van der Waals surface area contributed by atoms with Gasteiger partial charge in [0.2, 0.25) is 0 Å². The number of nitrogens with zero attached hydrogens (tertiary/aromatic N) is 4. The smallest absolute Gasteiger partial charge is 0.266 e. The first kappa shape index (κ1) is 38.3. The lowest BCUT2D eigenvalue weighted by Crippen LogP contribution is -2.50. The van der Waals surface area contributed by atoms with E-state index in [1.165, 1.54) is 10.8 Å². The molecule has 0 bridgehead atoms. The number of para-hydroxylation sites is 3. The number of aliphatic hydroxyl groups excluding tert-OH is 1. The molecule has 10 heteroatoms. The van der Waals surface area contributed by atoms with Crippen LogP contribution in [0.4, 0.5) is 11.4 Å². The van der Waals surface area contributed by atoms with Crippen LogP contribution in [-0.4, -0.2) is 60.0 Å². The van der Waals surface area contributed by atoms with E-state index in [0.717, 1.165) is 42.0 Å². The molecule has 2 aliphatic rings. The number of aromatic nitrogens is 3. The summed E-state index contributed by atoms with van der Waals surface area (Å²) in [4.78, 5) is 15.7. The molecule has 0 saturated carbocycles. The number of aryl methyl sites for hydroxylation is 2. The molecule has 0 spiro atoms. The Hall–Kier alpha value is -5.55. The van der Waals surface area contributed by atoms with Crippen molar-refractivity contribution in [3.63, 3.8) is 0 Å². The van der Waals surface area contributed by atoms with E-state index >= 15 is 0 Å². The summed E-state index contributed by atoms with van der Waals surface area (Å²) >= 11 is 0. The zero-order chi connectivity index (χ0) is 39.5. The number of rotatable bonds is 13. The first-order valence-corrected chi connectivity index (χ1v) is 23.0. The molecule has 9 nitrogen and oxygen atoms in total. The van der Waals surface area contributed by atoms with Gasteiger partial charge in [-0.25, -0.2) is 0 Å². The second kappa shape index (κ2) is 16.5. The van der Waals surface area contributed by atoms with Crippen LogP contribution in [0.2, 0.25) is 18.6 Å². The zero-order valence-electron chi connectivity index (χ0n) is 33.0. The van der Waals surface area contributed by atoms with Crippen LogP contribution in [0.3, 0.4) is 0 Å². The maximum absolute atomic E-state index is 14.0. The molecular formula is C47H50N4O5Si. The van der Waals surface area contributed by atoms with E-state index in [1.54, 1.807) is 12.0 Å². The summed E-state index contributed by atoms with van der Waals surface area (Å²) in [6.45, 7) is 7.95. The van der Waals surface area contributed by atoms with E-state index in [9.17, 15) is 9.90 Å². The van der Waals surface area contributed by atoms with Gasteiger partial charge in [0.1, 0.15) is 11.5 Å². The van der Waals surface area contributed by atoms with Crippen LogP contribution in [-0.2, 0) is 17.7 Å². The molecule has 6 aromatic rings. The number of hydrogen-bond donors (Lipinski definition) is 1. The first-order chi connectivity index (χ1) is 27.7. The SMILES string of the molecule is COc1ccc([Si](C)(C)[C@@H]2[C@@H](C)[C@@H](CCc3ccc(N4C(=O)c5ccccc5Oc5ccccc54)cc3)O[C@H]2CCn2cc(C(CO)c3ccccc3)nn2)cc1. The quantitative estimate of drug-likeness (QED) is 0.117. The second-order valence-electron chi connectivity index (χ2n) is 15.8. The summed E-state index contributed by atoms with van der Waals surface area (Å²) in [6, 6.07) is 42.0. The fourth-order valence-corrected chi connectivity index (χ4v) is 13.1. The van der Waals surface area contributed by atoms with Crippen molar-refractivity contribution < 1.29 is 24.1 Å². The molecule has 8 rings (SSSR count). The molecule has 1 aromatic heterocycles. The molecule has 5 atom stereocenters. The molecular weight excluding hydrogens is 729 g/mol. The first-order valence-electron chi connectivity index (χ1n) is 19.9. The minimum atomic E-state index is -2.06. The lowest BCUT2D eigenvalue weighted by Gasteiger charge is -2.36. The number of fused-ring (bicyclic) bond motifs is 2. The maximum atomic E-state index is 14.0. The summed E-state index contributed by atoms with van der Waals surface area (Å²) in [5, 5.41) is 20.6. The van der Waals surface area contributed by atoms with Crippen molar-refractivity contribution >= 4 is 30.5 Å². The van der Waals surface area contributed by atoms with Crippen LogP contribution in [0.15, 0.2) is 134 Å². The van der Waals surface area contributed by atoms with E-state index in [4.69, 9.17) is 14.2 Å². The Bertz CT molecular complexity index is 2300. The van der Waals surface area contributed by atoms with Crippen molar-refractivity contribution in [3.05, 3.63) is 156 Å². The highest BCUT2D eigenvalue weighted by atomic mass is 28.3. The van der Waals surface area contributed by atoms with Gasteiger partial charge in [-0.15, -0.1) is 5.10 Å². The van der Waals surface area contributed by atoms with Gasteiger partial charge in [0.25, 0.3) is 5.91 Å². The van der Waals surface area contributed by atoms with Gasteiger partial charge in [0, 0.05) is 18.4 Å². The Labute approximate surface area is 335 Å². The molecule has 0 radical (unpaired) electrons. The Morgan fingerprint density at radius 2 is 1.53 bits per heavy atom. The summed E-state index contributed by atoms with van der Waals surface area (Å²) in [5.41, 5.74) is 5.38. The number of amides is 1. The van der Waals surface area contributed by atoms with Gasteiger partial charge in [-0.05, 0) is 90.4 Å². The number of ether oxygens (including phenoxy) is 3. The molecule has 1 saturated heterocycles. The highest BCUT2D eigenvalue weighted by Crippen LogP contribution is 2.47. The number of carbonyl (C=O) groups excluding carboxylic acids is 1. The highest BCUT2D eigenvalue weighted by molar-refractivity contribution is 6.91. The van der Waals surface area contributed by atoms with E-state index in [0.29, 0.717) is 40.8 Å². The van der Waals surface area contributed by atoms with Crippen LogP contribution < -0.4 is 19.6 Å². The van der Waals surface area contributed by atoms with Gasteiger partial charge < -0.3 is 19.3 Å². The van der Waals surface area contributed by atoms with Crippen LogP contribution >= 0.6 is 0 Å². The third-order valence-corrected chi connectivity index (χ3v) is 16.5. The third kappa shape index (κ3) is 7.77. The molecule has 0 aliphatic carbocycles. The van der Waals surface area contributed by atoms with Gasteiger partial charge in [0.05, 0.1) is 56.9 Å². The summed E-state index contributed by atoms with van der Waals surface area (Å²) in [5.74, 6) is 2.06. The van der Waals surface area contributed by atoms with Crippen molar-refractivity contribution in [2.45, 2.75) is 69.5 Å². The zero-order valence-corrected chi connectivity index (χ0v) is 34.0. The average molecular weight is 779 g/mol. The van der Waals surface area contributed by atoms with E-state index in [2.05, 4.69) is 66.7 Å². The Morgan fingerprint density at radius 3 is 2.26 bits per heavy atom. The summed E-state index contributed by atoms with van der Waals surface area (Å²) < 4.78 is 20.7. The van der Waals surface area contributed by atoms with E-state index in [1.807, 2.05) is 102 Å². The molecule has 3 heterocycles. The monoisotopic (exact) mass is 778 g/mol. The van der Waals surface area contributed by atoms with Gasteiger partial charge in [0.15, 0.2) is 5.75 Å². The Balaban J connectivity index is 0.998. The van der Waals surface area contributed by atoms with Crippen molar-refractivity contribution in [3.8, 4) is 17.2 Å². The lowest BCUT2D eigenvalue weighted by molar-refractivity contribution is 0.0249. The Kier molecular flexibility index (Phi) is 11.1. The van der Waals surface area contributed by atoms with Crippen LogP contribution in [0.5, 0.6) is 17.2 Å². The fraction of sp³-hybridized carbons (Fsp3) is 0.298. The van der Waals surface area contributed by atoms with E-state index < -0.39 is 8.07 Å². The summed E-state index contributed by atoms with van der Waals surface area (Å²) in [7, 11) is -0.351. The van der Waals surface area contributed by atoms with Gasteiger partial charge in [-0.2, -0.15) is 0 Å². The molecule has 1 N–H and O–H groups in total. The predicted molar refractivity (Wildman–Crippen MR) is 226 cm³/mol. The van der Waals surface area contributed by atoms with Crippen molar-refractivity contribution in [1.29, 1.82) is 0 Å². The highest BCUT2D eigenvalue weighted by Gasteiger charge is 2.50. The normalized spacial score (nSPS) is 19.7. The minimum Gasteiger partial charge on any atom is -0.497 e. The van der Waals surface area contributed by atoms with Crippen molar-refractivity contribution in [2.75, 3.05) is 18.6 Å². The number of benzene rings is 5. The molecule has 57 heavy (non-hydrogen) atoms. The minimum absolute atomic E-state index is 0.0338. The number of methoxy groups -OCH3 is 1. The summed E-state index contributed by atoms with van der Waals surface area (Å²) in [6.07, 6.45) is 4.65. The van der Waals surface area contributed by atoms with Crippen molar-refractivity contribution in [1.82, 2.24) is 15.0 Å². The second-order valence-corrected chi connectivity index (χ2v) is 20.5. The van der Waals surface area contributed by atoms with Crippen molar-refractivity contribution in [2.24, 2.45) is 5.92 Å². The number of carbonyl (C=O) groups is 1. The third-order valence-electron chi connectivity index (χ3n) is 12.1. The van der Waals surface area contributed by atoms with Crippen LogP contribution in [0, 0.1) is 5.92 Å². The molecule has 292 valence electrons. The molecule has 1 amide bonds. The molecule has 1 fully saturated rings. The topological polar surface area (TPSA) is 98.9 Å². The maximum Gasteiger partial charge on any atom is 0.266 e. The van der Waals surface area contributed by atoms with Gasteiger partial charge >= 0.3 is 0 Å². The fourth-order valence-electron chi connectivity index (χ4n) is 9.00. The van der Waals surface area contributed by atoms with Crippen LogP contribution in [0.25, 0.3) is 0 Å². The standard InChI is InChI=1S/C47H50N4O5Si/c1-32-42(27-20-33-18-21-35(22-19-33)51-41-15-9-11-17-44(41)56-43-16-10-8-14-38(43)47(51)53)55-45(46(32)57(3,4)37-25-23-36(54-2)24-26-37)28-29-50-30-40(48-49-50)39(31-52)34-12-6-5-7-13-34/h5-19,21-26,30,32,39,42,45-46,52H,20,27-29,31H2,1-4H3/t32-,39?,42+,45-,46+/m0/s1. The number of anilines is 2. The number of aliphatic hydroxyl groups is 1.